The van der Waals surface area contributed by atoms with E-state index in [2.05, 4.69) is 77.3 Å². The Bertz CT molecular complexity index is 1160. The number of nitrogens with two attached hydrogens (primary N) is 2. The maximum absolute atomic E-state index is 5.62. The third-order valence-corrected chi connectivity index (χ3v) is 8.89. The predicted molar refractivity (Wildman–Crippen MR) is 140 cm³/mol. The molecule has 0 amide bonds. The third-order valence-electron chi connectivity index (χ3n) is 3.78. The molecule has 140 valence electrons. The van der Waals surface area contributed by atoms with Crippen molar-refractivity contribution in [1.29, 1.82) is 0 Å². The maximum atomic E-state index is 5.62. The molecular weight excluding hydrogens is 658 g/mol. The second-order valence-corrected chi connectivity index (χ2v) is 13.3. The van der Waals surface area contributed by atoms with Crippen LogP contribution >= 0.6 is 90.5 Å². The highest BCUT2D eigenvalue weighted by Crippen LogP contribution is 2.32. The van der Waals surface area contributed by atoms with Crippen LogP contribution in [-0.2, 0) is 0 Å². The van der Waals surface area contributed by atoms with Crippen molar-refractivity contribution in [2.75, 3.05) is 11.5 Å². The summed E-state index contributed by atoms with van der Waals surface area (Å²) < 4.78 is 6.74. The van der Waals surface area contributed by atoms with E-state index in [1.807, 2.05) is 12.1 Å². The molecule has 0 aliphatic carbocycles. The number of rotatable bonds is 0. The first-order chi connectivity index (χ1) is 13.4. The Morgan fingerprint density at radius 1 is 0.536 bits per heavy atom. The Hall–Kier alpha value is -0.940. The minimum Gasteiger partial charge on any atom is -0.375 e. The third kappa shape index (κ3) is 3.65. The first-order valence-corrected chi connectivity index (χ1v) is 13.1. The summed E-state index contributed by atoms with van der Waals surface area (Å²) in [7, 11) is 0. The summed E-state index contributed by atoms with van der Waals surface area (Å²) in [5.41, 5.74) is 15.3. The number of thiazole rings is 4. The fourth-order valence-corrected chi connectivity index (χ4v) is 7.53. The number of anilines is 2. The van der Waals surface area contributed by atoms with Crippen molar-refractivity contribution in [2.24, 2.45) is 0 Å². The van der Waals surface area contributed by atoms with E-state index in [4.69, 9.17) is 11.5 Å². The predicted octanol–water partition coefficient (Wildman–Crippen LogP) is 6.19. The molecule has 0 fully saturated rings. The number of hydrogen-bond donors (Lipinski definition) is 2. The summed E-state index contributed by atoms with van der Waals surface area (Å²) in [6.45, 7) is 0. The summed E-state index contributed by atoms with van der Waals surface area (Å²) in [6, 6.07) is 8.21. The van der Waals surface area contributed by atoms with Crippen molar-refractivity contribution in [3.05, 3.63) is 30.3 Å². The summed E-state index contributed by atoms with van der Waals surface area (Å²) >= 11 is 10.9. The highest BCUT2D eigenvalue weighted by Gasteiger charge is 2.07. The van der Waals surface area contributed by atoms with Gasteiger partial charge in [0.2, 0.25) is 0 Å². The van der Waals surface area contributed by atoms with E-state index < -0.39 is 0 Å². The summed E-state index contributed by atoms with van der Waals surface area (Å²) in [5, 5.41) is 1.18. The van der Waals surface area contributed by atoms with Crippen molar-refractivity contribution in [3.8, 4) is 0 Å². The van der Waals surface area contributed by atoms with Gasteiger partial charge in [0, 0.05) is 0 Å². The normalized spacial score (nSPS) is 11.5. The van der Waals surface area contributed by atoms with Crippen LogP contribution in [0.5, 0.6) is 0 Å². The van der Waals surface area contributed by atoms with Crippen LogP contribution in [0.3, 0.4) is 0 Å². The minimum absolute atomic E-state index is 0.589. The molecule has 6 rings (SSSR count). The van der Waals surface area contributed by atoms with Gasteiger partial charge in [0.1, 0.15) is 0 Å². The molecule has 2 aromatic carbocycles. The Kier molecular flexibility index (Phi) is 5.03. The van der Waals surface area contributed by atoms with E-state index in [0.29, 0.717) is 10.3 Å². The second kappa shape index (κ2) is 7.39. The van der Waals surface area contributed by atoms with Crippen molar-refractivity contribution in [1.82, 2.24) is 19.9 Å². The Labute approximate surface area is 201 Å². The van der Waals surface area contributed by atoms with Crippen molar-refractivity contribution < 1.29 is 0 Å². The van der Waals surface area contributed by atoms with Gasteiger partial charge in [-0.15, -0.1) is 22.7 Å². The first kappa shape index (κ1) is 19.0. The summed E-state index contributed by atoms with van der Waals surface area (Å²) in [6.07, 6.45) is 0. The van der Waals surface area contributed by atoms with Crippen molar-refractivity contribution in [2.45, 2.75) is 0 Å². The van der Waals surface area contributed by atoms with Crippen LogP contribution in [0.25, 0.3) is 40.9 Å². The van der Waals surface area contributed by atoms with Crippen LogP contribution in [-0.4, -0.2) is 19.9 Å². The molecule has 4 N–H and O–H groups in total. The van der Waals surface area contributed by atoms with Crippen molar-refractivity contribution >= 4 is 142 Å². The minimum atomic E-state index is 0.589. The average molecular weight is 666 g/mol. The van der Waals surface area contributed by atoms with E-state index in [1.54, 1.807) is 22.7 Å². The molecule has 0 unspecified atom stereocenters. The molecule has 0 aliphatic rings. The van der Waals surface area contributed by atoms with Gasteiger partial charge in [-0.2, -0.15) is 0 Å². The largest absolute Gasteiger partial charge is 0.375 e. The standard InChI is InChI=1S/C8H2I2N2S2.C8H6N4S2/c2*9-7-11-3-1-5-4(2-6(3)14-7)12-8(10)13-5/h1-2H;1-2H,(H2,9,11)(H2,10,12). The fraction of sp³-hybridized carbons (Fsp3) is 0. The van der Waals surface area contributed by atoms with E-state index >= 15 is 0 Å². The van der Waals surface area contributed by atoms with Gasteiger partial charge in [-0.05, 0) is 69.4 Å². The van der Waals surface area contributed by atoms with E-state index in [-0.39, 0.29) is 0 Å². The number of aromatic nitrogens is 4. The molecule has 0 radical (unpaired) electrons. The van der Waals surface area contributed by atoms with Crippen LogP contribution < -0.4 is 11.5 Å². The van der Waals surface area contributed by atoms with E-state index in [0.717, 1.165) is 37.5 Å². The van der Waals surface area contributed by atoms with Crippen LogP contribution in [0.15, 0.2) is 24.3 Å². The molecule has 28 heavy (non-hydrogen) atoms. The Balaban J connectivity index is 0.000000122. The molecule has 0 saturated heterocycles. The number of nitrogens with zero attached hydrogens (tertiary/aromatic N) is 4. The first-order valence-electron chi connectivity index (χ1n) is 7.69. The lowest BCUT2D eigenvalue weighted by molar-refractivity contribution is 1.44. The zero-order chi connectivity index (χ0) is 19.4. The number of fused-ring (bicyclic) bond motifs is 4. The van der Waals surface area contributed by atoms with E-state index in [9.17, 15) is 0 Å². The quantitative estimate of drug-likeness (QED) is 0.188. The van der Waals surface area contributed by atoms with Crippen molar-refractivity contribution in [3.63, 3.8) is 0 Å². The van der Waals surface area contributed by atoms with Crippen LogP contribution in [0.2, 0.25) is 0 Å². The second-order valence-electron chi connectivity index (χ2n) is 5.61. The Morgan fingerprint density at radius 3 is 1.25 bits per heavy atom. The topological polar surface area (TPSA) is 104 Å². The van der Waals surface area contributed by atoms with Gasteiger partial charge in [0.15, 0.2) is 16.3 Å². The summed E-state index contributed by atoms with van der Waals surface area (Å²) in [4.78, 5) is 17.3. The zero-order valence-electron chi connectivity index (χ0n) is 13.6. The smallest absolute Gasteiger partial charge is 0.181 e. The molecule has 4 heterocycles. The molecule has 0 aliphatic heterocycles. The van der Waals surface area contributed by atoms with Gasteiger partial charge >= 0.3 is 0 Å². The van der Waals surface area contributed by atoms with Gasteiger partial charge in [0.05, 0.1) is 40.9 Å². The molecule has 0 bridgehead atoms. The molecule has 0 atom stereocenters. The lowest BCUT2D eigenvalue weighted by Gasteiger charge is -1.86. The molecule has 12 heteroatoms. The number of nitrogen functional groups attached to an aromatic ring is 2. The van der Waals surface area contributed by atoms with Gasteiger partial charge in [0.25, 0.3) is 0 Å². The number of halogens is 2. The number of hydrogen-bond acceptors (Lipinski definition) is 10. The van der Waals surface area contributed by atoms with Crippen LogP contribution in [0.1, 0.15) is 0 Å². The maximum Gasteiger partial charge on any atom is 0.181 e. The highest BCUT2D eigenvalue weighted by molar-refractivity contribution is 14.1. The zero-order valence-corrected chi connectivity index (χ0v) is 21.2. The lowest BCUT2D eigenvalue weighted by Crippen LogP contribution is -1.79. The number of benzene rings is 2. The van der Waals surface area contributed by atoms with Gasteiger partial charge in [-0.3, -0.25) is 0 Å². The molecule has 0 saturated carbocycles. The fourth-order valence-electron chi connectivity index (χ4n) is 2.68. The van der Waals surface area contributed by atoms with Crippen LogP contribution in [0, 0.1) is 6.03 Å². The Morgan fingerprint density at radius 2 is 0.857 bits per heavy atom. The molecule has 0 spiro atoms. The van der Waals surface area contributed by atoms with Gasteiger partial charge in [-0.25, -0.2) is 19.9 Å². The molecule has 6 nitrogen and oxygen atoms in total. The van der Waals surface area contributed by atoms with E-state index in [1.165, 1.54) is 32.1 Å². The molecule has 6 aromatic rings. The monoisotopic (exact) mass is 666 g/mol. The molecule has 4 aromatic heterocycles. The van der Waals surface area contributed by atoms with Gasteiger partial charge in [-0.1, -0.05) is 22.7 Å². The van der Waals surface area contributed by atoms with Gasteiger partial charge < -0.3 is 11.5 Å². The van der Waals surface area contributed by atoms with Crippen LogP contribution in [0.4, 0.5) is 10.3 Å². The average Bonchev–Trinajstić information content (AvgIpc) is 3.33. The summed E-state index contributed by atoms with van der Waals surface area (Å²) in [5.74, 6) is 0. The SMILES string of the molecule is Ic1nc2cc3sc(I)nc3cc2s1.Nc1nc2cc3sc(N)nc3cc2s1. The highest BCUT2D eigenvalue weighted by atomic mass is 127. The lowest BCUT2D eigenvalue weighted by atomic mass is 10.3. The molecular formula is C16H8I2N6S4.